The molecule has 1 aromatic rings. The summed E-state index contributed by atoms with van der Waals surface area (Å²) in [6, 6.07) is 3.75. The first-order valence-electron chi connectivity index (χ1n) is 6.80. The molecule has 0 aliphatic carbocycles. The Bertz CT molecular complexity index is 351. The lowest BCUT2D eigenvalue weighted by atomic mass is 9.95. The molecule has 0 aromatic heterocycles. The van der Waals surface area contributed by atoms with Gasteiger partial charge in [0.1, 0.15) is 11.6 Å². The average Bonchev–Trinajstić information content (AvgIpc) is 2.33. The van der Waals surface area contributed by atoms with Crippen LogP contribution in [0.15, 0.2) is 18.2 Å². The van der Waals surface area contributed by atoms with E-state index >= 15 is 0 Å². The van der Waals surface area contributed by atoms with Crippen molar-refractivity contribution in [2.45, 2.75) is 26.2 Å². The van der Waals surface area contributed by atoms with E-state index in [0.29, 0.717) is 18.9 Å². The second kappa shape index (κ2) is 8.99. The average molecular weight is 271 g/mol. The van der Waals surface area contributed by atoms with Gasteiger partial charge in [0.25, 0.3) is 0 Å². The molecule has 0 saturated carbocycles. The zero-order chi connectivity index (χ0) is 14.1. The summed E-state index contributed by atoms with van der Waals surface area (Å²) >= 11 is 0. The van der Waals surface area contributed by atoms with Crippen molar-refractivity contribution in [1.82, 2.24) is 5.32 Å². The lowest BCUT2D eigenvalue weighted by molar-refractivity contribution is 0.197. The van der Waals surface area contributed by atoms with Gasteiger partial charge in [0, 0.05) is 19.7 Å². The maximum atomic E-state index is 13.1. The highest BCUT2D eigenvalue weighted by molar-refractivity contribution is 5.18. The lowest BCUT2D eigenvalue weighted by Crippen LogP contribution is -2.27. The molecular weight excluding hydrogens is 248 g/mol. The summed E-state index contributed by atoms with van der Waals surface area (Å²) in [6.45, 7) is 4.44. The molecule has 0 aliphatic rings. The molecule has 1 unspecified atom stereocenters. The van der Waals surface area contributed by atoms with E-state index in [0.717, 1.165) is 37.6 Å². The molecule has 2 nitrogen and oxygen atoms in total. The number of hydrogen-bond acceptors (Lipinski definition) is 2. The van der Waals surface area contributed by atoms with Gasteiger partial charge in [-0.1, -0.05) is 13.3 Å². The minimum atomic E-state index is -0.502. The van der Waals surface area contributed by atoms with Crippen LogP contribution in [0.5, 0.6) is 0 Å². The lowest BCUT2D eigenvalue weighted by Gasteiger charge is -2.17. The van der Waals surface area contributed by atoms with E-state index in [1.165, 1.54) is 12.1 Å². The summed E-state index contributed by atoms with van der Waals surface area (Å²) < 4.78 is 31.3. The van der Waals surface area contributed by atoms with Crippen molar-refractivity contribution < 1.29 is 13.5 Å². The van der Waals surface area contributed by atoms with Gasteiger partial charge < -0.3 is 10.1 Å². The van der Waals surface area contributed by atoms with Gasteiger partial charge in [-0.15, -0.1) is 0 Å². The third kappa shape index (κ3) is 6.64. The monoisotopic (exact) mass is 271 g/mol. The fraction of sp³-hybridized carbons (Fsp3) is 0.600. The van der Waals surface area contributed by atoms with Crippen LogP contribution in [-0.4, -0.2) is 26.8 Å². The predicted molar refractivity (Wildman–Crippen MR) is 73.2 cm³/mol. The van der Waals surface area contributed by atoms with Crippen LogP contribution in [-0.2, 0) is 11.2 Å². The number of methoxy groups -OCH3 is 1. The third-order valence-electron chi connectivity index (χ3n) is 3.06. The van der Waals surface area contributed by atoms with Gasteiger partial charge in [-0.05, 0) is 43.0 Å². The SMILES string of the molecule is CCCC(CNCCOC)Cc1cc(F)cc(F)c1. The van der Waals surface area contributed by atoms with Crippen LogP contribution in [0.1, 0.15) is 25.3 Å². The van der Waals surface area contributed by atoms with Crippen molar-refractivity contribution in [3.8, 4) is 0 Å². The topological polar surface area (TPSA) is 21.3 Å². The van der Waals surface area contributed by atoms with Crippen LogP contribution < -0.4 is 5.32 Å². The van der Waals surface area contributed by atoms with E-state index in [2.05, 4.69) is 12.2 Å². The van der Waals surface area contributed by atoms with Crippen molar-refractivity contribution in [3.63, 3.8) is 0 Å². The van der Waals surface area contributed by atoms with Gasteiger partial charge in [0.2, 0.25) is 0 Å². The van der Waals surface area contributed by atoms with Gasteiger partial charge in [0.15, 0.2) is 0 Å². The second-order valence-corrected chi connectivity index (χ2v) is 4.83. The Hall–Kier alpha value is -1.00. The summed E-state index contributed by atoms with van der Waals surface area (Å²) in [4.78, 5) is 0. The Balaban J connectivity index is 2.51. The van der Waals surface area contributed by atoms with Crippen LogP contribution >= 0.6 is 0 Å². The van der Waals surface area contributed by atoms with Gasteiger partial charge in [-0.25, -0.2) is 8.78 Å². The smallest absolute Gasteiger partial charge is 0.126 e. The van der Waals surface area contributed by atoms with E-state index < -0.39 is 11.6 Å². The number of halogens is 2. The standard InChI is InChI=1S/C15H23F2NO/c1-3-4-12(11-18-5-6-19-2)7-13-8-14(16)10-15(17)9-13/h8-10,12,18H,3-7,11H2,1-2H3. The summed E-state index contributed by atoms with van der Waals surface area (Å²) in [5, 5.41) is 3.31. The normalized spacial score (nSPS) is 12.6. The Labute approximate surface area is 114 Å². The molecule has 1 rings (SSSR count). The molecule has 0 heterocycles. The van der Waals surface area contributed by atoms with Crippen LogP contribution in [0.4, 0.5) is 8.78 Å². The first-order valence-corrected chi connectivity index (χ1v) is 6.80. The maximum absolute atomic E-state index is 13.1. The molecule has 0 amide bonds. The van der Waals surface area contributed by atoms with E-state index in [1.54, 1.807) is 7.11 Å². The van der Waals surface area contributed by atoms with Crippen molar-refractivity contribution in [2.24, 2.45) is 5.92 Å². The molecule has 1 N–H and O–H groups in total. The molecule has 19 heavy (non-hydrogen) atoms. The largest absolute Gasteiger partial charge is 0.383 e. The minimum Gasteiger partial charge on any atom is -0.383 e. The molecule has 0 fully saturated rings. The number of hydrogen-bond donors (Lipinski definition) is 1. The van der Waals surface area contributed by atoms with Crippen LogP contribution in [0.2, 0.25) is 0 Å². The van der Waals surface area contributed by atoms with Crippen molar-refractivity contribution in [3.05, 3.63) is 35.4 Å². The molecule has 0 bridgehead atoms. The van der Waals surface area contributed by atoms with Crippen LogP contribution in [0.25, 0.3) is 0 Å². The molecule has 0 spiro atoms. The van der Waals surface area contributed by atoms with E-state index in [4.69, 9.17) is 4.74 Å². The number of benzene rings is 1. The van der Waals surface area contributed by atoms with Crippen molar-refractivity contribution in [2.75, 3.05) is 26.8 Å². The molecule has 1 aromatic carbocycles. The summed E-state index contributed by atoms with van der Waals surface area (Å²) in [6.07, 6.45) is 2.80. The molecule has 0 saturated heterocycles. The van der Waals surface area contributed by atoms with Gasteiger partial charge in [0.05, 0.1) is 6.61 Å². The zero-order valence-corrected chi connectivity index (χ0v) is 11.7. The Morgan fingerprint density at radius 1 is 1.21 bits per heavy atom. The maximum Gasteiger partial charge on any atom is 0.126 e. The van der Waals surface area contributed by atoms with E-state index in [1.807, 2.05) is 0 Å². The highest BCUT2D eigenvalue weighted by Gasteiger charge is 2.10. The Kier molecular flexibility index (Phi) is 7.60. The number of rotatable bonds is 9. The summed E-state index contributed by atoms with van der Waals surface area (Å²) in [5.74, 6) is -0.613. The van der Waals surface area contributed by atoms with Crippen LogP contribution in [0, 0.1) is 17.6 Å². The second-order valence-electron chi connectivity index (χ2n) is 4.83. The minimum absolute atomic E-state index is 0.392. The Morgan fingerprint density at radius 3 is 2.47 bits per heavy atom. The third-order valence-corrected chi connectivity index (χ3v) is 3.06. The Morgan fingerprint density at radius 2 is 1.89 bits per heavy atom. The number of nitrogens with one attached hydrogen (secondary N) is 1. The predicted octanol–water partition coefficient (Wildman–Crippen LogP) is 3.16. The first kappa shape index (κ1) is 16.1. The zero-order valence-electron chi connectivity index (χ0n) is 11.7. The number of ether oxygens (including phenoxy) is 1. The van der Waals surface area contributed by atoms with Gasteiger partial charge >= 0.3 is 0 Å². The highest BCUT2D eigenvalue weighted by atomic mass is 19.1. The van der Waals surface area contributed by atoms with Gasteiger partial charge in [-0.3, -0.25) is 0 Å². The molecular formula is C15H23F2NO. The molecule has 1 atom stereocenters. The summed E-state index contributed by atoms with van der Waals surface area (Å²) in [7, 11) is 1.67. The van der Waals surface area contributed by atoms with Gasteiger partial charge in [-0.2, -0.15) is 0 Å². The molecule has 108 valence electrons. The van der Waals surface area contributed by atoms with Crippen LogP contribution in [0.3, 0.4) is 0 Å². The van der Waals surface area contributed by atoms with Crippen molar-refractivity contribution >= 4 is 0 Å². The van der Waals surface area contributed by atoms with Crippen molar-refractivity contribution in [1.29, 1.82) is 0 Å². The van der Waals surface area contributed by atoms with E-state index in [9.17, 15) is 8.78 Å². The fourth-order valence-corrected chi connectivity index (χ4v) is 2.23. The van der Waals surface area contributed by atoms with E-state index in [-0.39, 0.29) is 0 Å². The highest BCUT2D eigenvalue weighted by Crippen LogP contribution is 2.16. The molecule has 4 heteroatoms. The molecule has 0 radical (unpaired) electrons. The first-order chi connectivity index (χ1) is 9.15. The summed E-state index contributed by atoms with van der Waals surface area (Å²) in [5.41, 5.74) is 0.726. The molecule has 0 aliphatic heterocycles. The fourth-order valence-electron chi connectivity index (χ4n) is 2.23. The quantitative estimate of drug-likeness (QED) is 0.697.